The molecule has 0 aromatic heterocycles. The Hall–Kier alpha value is -1.83. The molecule has 114 valence electrons. The lowest BCUT2D eigenvalue weighted by molar-refractivity contribution is -0.384. The van der Waals surface area contributed by atoms with Gasteiger partial charge in [0.05, 0.1) is 10.5 Å². The van der Waals surface area contributed by atoms with Gasteiger partial charge in [0, 0.05) is 32.2 Å². The first-order chi connectivity index (χ1) is 9.86. The van der Waals surface area contributed by atoms with E-state index in [9.17, 15) is 23.3 Å². The molecule has 0 radical (unpaired) electrons. The van der Waals surface area contributed by atoms with Gasteiger partial charge in [0.2, 0.25) is 0 Å². The minimum absolute atomic E-state index is 0.280. The van der Waals surface area contributed by atoms with Crippen LogP contribution in [0.1, 0.15) is 5.56 Å². The molecule has 0 amide bonds. The largest absolute Gasteiger partial charge is 0.416 e. The smallest absolute Gasteiger partial charge is 0.365 e. The van der Waals surface area contributed by atoms with Crippen molar-refractivity contribution in [1.82, 2.24) is 5.32 Å². The van der Waals surface area contributed by atoms with Gasteiger partial charge in [-0.2, -0.15) is 13.2 Å². The van der Waals surface area contributed by atoms with Crippen LogP contribution in [-0.2, 0) is 6.18 Å². The Morgan fingerprint density at radius 1 is 1.24 bits per heavy atom. The standard InChI is InChI=1S/C13H14F3N3O2/c14-13(15,16)10-1-2-11(12(3-10)19(20)21)18-6-8-4-17-5-9(8)7-18/h1-3,8-9,17H,4-7H2. The number of hydrogen-bond acceptors (Lipinski definition) is 4. The number of nitro benzene ring substituents is 1. The van der Waals surface area contributed by atoms with Crippen molar-refractivity contribution >= 4 is 11.4 Å². The first-order valence-corrected chi connectivity index (χ1v) is 6.67. The normalized spacial score (nSPS) is 25.2. The summed E-state index contributed by atoms with van der Waals surface area (Å²) >= 11 is 0. The van der Waals surface area contributed by atoms with Crippen molar-refractivity contribution in [1.29, 1.82) is 0 Å². The Bertz CT molecular complexity index is 564. The van der Waals surface area contributed by atoms with Crippen molar-refractivity contribution < 1.29 is 18.1 Å². The molecule has 0 saturated carbocycles. The minimum atomic E-state index is -4.57. The van der Waals surface area contributed by atoms with E-state index >= 15 is 0 Å². The lowest BCUT2D eigenvalue weighted by Crippen LogP contribution is -2.26. The molecule has 0 aliphatic carbocycles. The van der Waals surface area contributed by atoms with E-state index in [2.05, 4.69) is 5.32 Å². The molecule has 2 unspecified atom stereocenters. The third-order valence-electron chi connectivity index (χ3n) is 4.23. The summed E-state index contributed by atoms with van der Waals surface area (Å²) in [4.78, 5) is 12.2. The van der Waals surface area contributed by atoms with Crippen LogP contribution in [0.3, 0.4) is 0 Å². The predicted molar refractivity (Wildman–Crippen MR) is 70.2 cm³/mol. The molecule has 0 spiro atoms. The fourth-order valence-corrected chi connectivity index (χ4v) is 3.17. The Morgan fingerprint density at radius 2 is 1.86 bits per heavy atom. The Labute approximate surface area is 118 Å². The summed E-state index contributed by atoms with van der Waals surface area (Å²) in [7, 11) is 0. The third kappa shape index (κ3) is 2.55. The van der Waals surface area contributed by atoms with Crippen LogP contribution in [0.2, 0.25) is 0 Å². The van der Waals surface area contributed by atoms with Crippen molar-refractivity contribution in [2.75, 3.05) is 31.1 Å². The Morgan fingerprint density at radius 3 is 2.38 bits per heavy atom. The second-order valence-electron chi connectivity index (χ2n) is 5.54. The van der Waals surface area contributed by atoms with Crippen molar-refractivity contribution in [2.45, 2.75) is 6.18 Å². The number of anilines is 1. The molecule has 8 heteroatoms. The average molecular weight is 301 g/mol. The SMILES string of the molecule is O=[N+]([O-])c1cc(C(F)(F)F)ccc1N1CC2CNCC2C1. The molecule has 2 aliphatic rings. The van der Waals surface area contributed by atoms with Crippen LogP contribution in [0.15, 0.2) is 18.2 Å². The molecule has 3 rings (SSSR count). The van der Waals surface area contributed by atoms with E-state index in [1.54, 1.807) is 0 Å². The second kappa shape index (κ2) is 4.87. The second-order valence-corrected chi connectivity index (χ2v) is 5.54. The number of nitro groups is 1. The maximum absolute atomic E-state index is 12.7. The maximum Gasteiger partial charge on any atom is 0.416 e. The quantitative estimate of drug-likeness (QED) is 0.672. The zero-order valence-corrected chi connectivity index (χ0v) is 11.1. The molecule has 2 fully saturated rings. The highest BCUT2D eigenvalue weighted by molar-refractivity contribution is 5.65. The number of nitrogens with zero attached hydrogens (tertiary/aromatic N) is 2. The number of benzene rings is 1. The molecule has 5 nitrogen and oxygen atoms in total. The molecule has 1 N–H and O–H groups in total. The highest BCUT2D eigenvalue weighted by Gasteiger charge is 2.39. The highest BCUT2D eigenvalue weighted by Crippen LogP contribution is 2.39. The zero-order valence-electron chi connectivity index (χ0n) is 11.1. The van der Waals surface area contributed by atoms with Crippen LogP contribution < -0.4 is 10.2 Å². The highest BCUT2D eigenvalue weighted by atomic mass is 19.4. The van der Waals surface area contributed by atoms with Gasteiger partial charge in [-0.05, 0) is 24.0 Å². The maximum atomic E-state index is 12.7. The van der Waals surface area contributed by atoms with E-state index in [1.165, 1.54) is 6.07 Å². The Balaban J connectivity index is 1.93. The van der Waals surface area contributed by atoms with E-state index in [0.29, 0.717) is 31.0 Å². The van der Waals surface area contributed by atoms with Gasteiger partial charge in [0.15, 0.2) is 0 Å². The molecule has 1 aromatic carbocycles. The van der Waals surface area contributed by atoms with Gasteiger partial charge in [-0.3, -0.25) is 10.1 Å². The lowest BCUT2D eigenvalue weighted by Gasteiger charge is -2.20. The van der Waals surface area contributed by atoms with E-state index in [-0.39, 0.29) is 5.69 Å². The summed E-state index contributed by atoms with van der Waals surface area (Å²) in [5.41, 5.74) is -1.18. The van der Waals surface area contributed by atoms with Crippen LogP contribution in [-0.4, -0.2) is 31.1 Å². The lowest BCUT2D eigenvalue weighted by atomic mass is 10.0. The topological polar surface area (TPSA) is 58.4 Å². The van der Waals surface area contributed by atoms with E-state index in [1.807, 2.05) is 4.90 Å². The van der Waals surface area contributed by atoms with Crippen LogP contribution in [0.5, 0.6) is 0 Å². The fraction of sp³-hybridized carbons (Fsp3) is 0.538. The minimum Gasteiger partial charge on any atom is -0.365 e. The predicted octanol–water partition coefficient (Wildman–Crippen LogP) is 2.27. The van der Waals surface area contributed by atoms with Crippen LogP contribution in [0.25, 0.3) is 0 Å². The summed E-state index contributed by atoms with van der Waals surface area (Å²) in [5, 5.41) is 14.4. The van der Waals surface area contributed by atoms with Gasteiger partial charge in [-0.25, -0.2) is 0 Å². The number of halogens is 3. The van der Waals surface area contributed by atoms with Crippen molar-refractivity contribution in [2.24, 2.45) is 11.8 Å². The van der Waals surface area contributed by atoms with Gasteiger partial charge in [0.25, 0.3) is 5.69 Å². The van der Waals surface area contributed by atoms with E-state index in [4.69, 9.17) is 0 Å². The number of rotatable bonds is 2. The molecule has 2 atom stereocenters. The molecule has 0 bridgehead atoms. The monoisotopic (exact) mass is 301 g/mol. The van der Waals surface area contributed by atoms with Crippen LogP contribution >= 0.6 is 0 Å². The molecule has 2 aliphatic heterocycles. The van der Waals surface area contributed by atoms with Crippen LogP contribution in [0.4, 0.5) is 24.5 Å². The van der Waals surface area contributed by atoms with Crippen molar-refractivity contribution in [3.8, 4) is 0 Å². The molecule has 1 aromatic rings. The molecule has 21 heavy (non-hydrogen) atoms. The number of nitrogens with one attached hydrogen (secondary N) is 1. The zero-order chi connectivity index (χ0) is 15.2. The van der Waals surface area contributed by atoms with Gasteiger partial charge in [0.1, 0.15) is 5.69 Å². The summed E-state index contributed by atoms with van der Waals surface area (Å²) < 4.78 is 38.1. The molecule has 2 saturated heterocycles. The summed E-state index contributed by atoms with van der Waals surface area (Å²) in [6.07, 6.45) is -4.57. The van der Waals surface area contributed by atoms with Gasteiger partial charge < -0.3 is 10.2 Å². The fourth-order valence-electron chi connectivity index (χ4n) is 3.17. The first kappa shape index (κ1) is 14.1. The number of hydrogen-bond donors (Lipinski definition) is 1. The van der Waals surface area contributed by atoms with Crippen LogP contribution in [0, 0.1) is 22.0 Å². The molecular formula is C13H14F3N3O2. The van der Waals surface area contributed by atoms with Gasteiger partial charge in [-0.1, -0.05) is 0 Å². The summed E-state index contributed by atoms with van der Waals surface area (Å²) in [5.74, 6) is 0.818. The molecule has 2 heterocycles. The summed E-state index contributed by atoms with van der Waals surface area (Å²) in [6, 6.07) is 2.76. The van der Waals surface area contributed by atoms with Crippen molar-refractivity contribution in [3.63, 3.8) is 0 Å². The Kier molecular flexibility index (Phi) is 3.27. The van der Waals surface area contributed by atoms with Crippen molar-refractivity contribution in [3.05, 3.63) is 33.9 Å². The van der Waals surface area contributed by atoms with Gasteiger partial charge >= 0.3 is 6.18 Å². The number of alkyl halides is 3. The van der Waals surface area contributed by atoms with E-state index in [0.717, 1.165) is 19.2 Å². The van der Waals surface area contributed by atoms with Gasteiger partial charge in [-0.15, -0.1) is 0 Å². The molecular weight excluding hydrogens is 287 g/mol. The summed E-state index contributed by atoms with van der Waals surface area (Å²) in [6.45, 7) is 3.00. The number of fused-ring (bicyclic) bond motifs is 1. The first-order valence-electron chi connectivity index (χ1n) is 6.67. The van der Waals surface area contributed by atoms with E-state index < -0.39 is 22.4 Å². The average Bonchev–Trinajstić information content (AvgIpc) is 2.97. The third-order valence-corrected chi connectivity index (χ3v) is 4.23.